The van der Waals surface area contributed by atoms with Gasteiger partial charge in [0.25, 0.3) is 0 Å². The summed E-state index contributed by atoms with van der Waals surface area (Å²) in [6, 6.07) is 9.40. The molecule has 1 aliphatic rings. The summed E-state index contributed by atoms with van der Waals surface area (Å²) in [5.74, 6) is -0.362. The fourth-order valence-electron chi connectivity index (χ4n) is 3.29. The quantitative estimate of drug-likeness (QED) is 0.724. The highest BCUT2D eigenvalue weighted by Crippen LogP contribution is 2.28. The SMILES string of the molecule is COc1ccc(Cl)cc1NC(=O)C(C)N1CCN(S(=O)(=O)c2cccc(F)c2)CC1. The molecule has 0 bridgehead atoms. The summed E-state index contributed by atoms with van der Waals surface area (Å²) in [5, 5.41) is 3.28. The monoisotopic (exact) mass is 455 g/mol. The van der Waals surface area contributed by atoms with Gasteiger partial charge in [0.05, 0.1) is 23.7 Å². The molecule has 162 valence electrons. The molecule has 1 unspecified atom stereocenters. The Kier molecular flexibility index (Phi) is 6.97. The average Bonchev–Trinajstić information content (AvgIpc) is 2.73. The molecule has 0 saturated carbocycles. The zero-order chi connectivity index (χ0) is 21.9. The highest BCUT2D eigenvalue weighted by molar-refractivity contribution is 7.89. The van der Waals surface area contributed by atoms with E-state index in [1.807, 2.05) is 4.90 Å². The fraction of sp³-hybridized carbons (Fsp3) is 0.350. The molecule has 0 aliphatic carbocycles. The first-order valence-electron chi connectivity index (χ1n) is 9.36. The van der Waals surface area contributed by atoms with Crippen molar-refractivity contribution in [3.8, 4) is 5.75 Å². The Morgan fingerprint density at radius 2 is 1.87 bits per heavy atom. The van der Waals surface area contributed by atoms with E-state index in [-0.39, 0.29) is 23.9 Å². The molecule has 30 heavy (non-hydrogen) atoms. The normalized spacial score (nSPS) is 16.8. The minimum absolute atomic E-state index is 0.0743. The molecular weight excluding hydrogens is 433 g/mol. The van der Waals surface area contributed by atoms with E-state index in [9.17, 15) is 17.6 Å². The topological polar surface area (TPSA) is 79.0 Å². The summed E-state index contributed by atoms with van der Waals surface area (Å²) in [4.78, 5) is 14.5. The van der Waals surface area contributed by atoms with Crippen molar-refractivity contribution in [3.63, 3.8) is 0 Å². The van der Waals surface area contributed by atoms with Crippen LogP contribution in [-0.2, 0) is 14.8 Å². The lowest BCUT2D eigenvalue weighted by molar-refractivity contribution is -0.121. The molecule has 10 heteroatoms. The Hall–Kier alpha value is -2.20. The van der Waals surface area contributed by atoms with Gasteiger partial charge in [0.1, 0.15) is 11.6 Å². The Morgan fingerprint density at radius 1 is 1.17 bits per heavy atom. The molecule has 1 aliphatic heterocycles. The molecule has 0 aromatic heterocycles. The van der Waals surface area contributed by atoms with Crippen molar-refractivity contribution in [2.75, 3.05) is 38.6 Å². The van der Waals surface area contributed by atoms with Crippen LogP contribution in [0.3, 0.4) is 0 Å². The first-order chi connectivity index (χ1) is 14.2. The van der Waals surface area contributed by atoms with Gasteiger partial charge in [-0.05, 0) is 43.3 Å². The lowest BCUT2D eigenvalue weighted by atomic mass is 10.2. The predicted molar refractivity (Wildman–Crippen MR) is 113 cm³/mol. The van der Waals surface area contributed by atoms with Crippen molar-refractivity contribution in [3.05, 3.63) is 53.3 Å². The second-order valence-corrected chi connectivity index (χ2v) is 9.28. The number of anilines is 1. The standard InChI is InChI=1S/C20H23ClFN3O4S/c1-14(20(26)23-18-12-15(21)6-7-19(18)29-2)24-8-10-25(11-9-24)30(27,28)17-5-3-4-16(22)13-17/h3-7,12-14H,8-11H2,1-2H3,(H,23,26). The van der Waals surface area contributed by atoms with Crippen molar-refractivity contribution in [2.24, 2.45) is 0 Å². The summed E-state index contributed by atoms with van der Waals surface area (Å²) in [6.07, 6.45) is 0. The number of carbonyl (C=O) groups excluding carboxylic acids is 1. The molecule has 2 aromatic carbocycles. The molecule has 1 saturated heterocycles. The number of rotatable bonds is 6. The summed E-state index contributed by atoms with van der Waals surface area (Å²) in [5.41, 5.74) is 0.467. The van der Waals surface area contributed by atoms with Gasteiger partial charge in [-0.2, -0.15) is 4.31 Å². The third-order valence-corrected chi connectivity index (χ3v) is 7.18. The molecule has 7 nitrogen and oxygen atoms in total. The van der Waals surface area contributed by atoms with Crippen molar-refractivity contribution in [1.29, 1.82) is 0 Å². The molecule has 1 fully saturated rings. The summed E-state index contributed by atoms with van der Waals surface area (Å²) in [6.45, 7) is 2.91. The van der Waals surface area contributed by atoms with E-state index < -0.39 is 21.9 Å². The van der Waals surface area contributed by atoms with Crippen molar-refractivity contribution >= 4 is 33.2 Å². The second kappa shape index (κ2) is 9.30. The number of hydrogen-bond acceptors (Lipinski definition) is 5. The van der Waals surface area contributed by atoms with Crippen LogP contribution >= 0.6 is 11.6 Å². The highest BCUT2D eigenvalue weighted by Gasteiger charge is 2.32. The van der Waals surface area contributed by atoms with E-state index in [0.717, 1.165) is 6.07 Å². The molecular formula is C20H23ClFN3O4S. The number of benzene rings is 2. The number of halogens is 2. The van der Waals surface area contributed by atoms with Crippen LogP contribution in [0.1, 0.15) is 6.92 Å². The Labute approximate surface area is 180 Å². The van der Waals surface area contributed by atoms with Gasteiger partial charge >= 0.3 is 0 Å². The Balaban J connectivity index is 1.63. The molecule has 0 radical (unpaired) electrons. The zero-order valence-corrected chi connectivity index (χ0v) is 18.2. The van der Waals surface area contributed by atoms with Gasteiger partial charge in [-0.25, -0.2) is 12.8 Å². The van der Waals surface area contributed by atoms with Gasteiger partial charge < -0.3 is 10.1 Å². The molecule has 1 atom stereocenters. The maximum absolute atomic E-state index is 13.4. The minimum atomic E-state index is -3.78. The number of methoxy groups -OCH3 is 1. The molecule has 2 aromatic rings. The maximum atomic E-state index is 13.4. The first kappa shape index (κ1) is 22.5. The van der Waals surface area contributed by atoms with Crippen molar-refractivity contribution in [2.45, 2.75) is 17.9 Å². The van der Waals surface area contributed by atoms with Crippen molar-refractivity contribution < 1.29 is 22.3 Å². The zero-order valence-electron chi connectivity index (χ0n) is 16.6. The number of piperazine rings is 1. The predicted octanol–water partition coefficient (Wildman–Crippen LogP) is 2.82. The van der Waals surface area contributed by atoms with Crippen LogP contribution in [0, 0.1) is 5.82 Å². The first-order valence-corrected chi connectivity index (χ1v) is 11.2. The van der Waals surface area contributed by atoms with E-state index in [1.54, 1.807) is 25.1 Å². The Morgan fingerprint density at radius 3 is 2.50 bits per heavy atom. The molecule has 1 amide bonds. The van der Waals surface area contributed by atoms with E-state index in [4.69, 9.17) is 16.3 Å². The molecule has 0 spiro atoms. The Bertz CT molecular complexity index is 1030. The van der Waals surface area contributed by atoms with Gasteiger partial charge in [0.15, 0.2) is 0 Å². The molecule has 3 rings (SSSR count). The third-order valence-electron chi connectivity index (χ3n) is 5.05. The number of nitrogens with zero attached hydrogens (tertiary/aromatic N) is 2. The van der Waals surface area contributed by atoms with Crippen LogP contribution in [0.2, 0.25) is 5.02 Å². The number of sulfonamides is 1. The van der Waals surface area contributed by atoms with Crippen molar-refractivity contribution in [1.82, 2.24) is 9.21 Å². The van der Waals surface area contributed by atoms with E-state index in [1.165, 1.54) is 29.6 Å². The second-order valence-electron chi connectivity index (χ2n) is 6.91. The van der Waals surface area contributed by atoms with Crippen LogP contribution in [0.15, 0.2) is 47.4 Å². The largest absolute Gasteiger partial charge is 0.495 e. The average molecular weight is 456 g/mol. The minimum Gasteiger partial charge on any atom is -0.495 e. The van der Waals surface area contributed by atoms with Gasteiger partial charge in [-0.15, -0.1) is 0 Å². The lowest BCUT2D eigenvalue weighted by Crippen LogP contribution is -2.53. The number of nitrogens with one attached hydrogen (secondary N) is 1. The number of hydrogen-bond donors (Lipinski definition) is 1. The third kappa shape index (κ3) is 4.92. The van der Waals surface area contributed by atoms with Gasteiger partial charge in [0.2, 0.25) is 15.9 Å². The fourth-order valence-corrected chi connectivity index (χ4v) is 4.91. The van der Waals surface area contributed by atoms with Crippen LogP contribution in [0.4, 0.5) is 10.1 Å². The van der Waals surface area contributed by atoms with E-state index in [0.29, 0.717) is 29.5 Å². The summed E-state index contributed by atoms with van der Waals surface area (Å²) in [7, 11) is -2.28. The van der Waals surface area contributed by atoms with E-state index >= 15 is 0 Å². The van der Waals surface area contributed by atoms with E-state index in [2.05, 4.69) is 5.32 Å². The number of carbonyl (C=O) groups is 1. The highest BCUT2D eigenvalue weighted by atomic mass is 35.5. The van der Waals surface area contributed by atoms with Gasteiger partial charge in [0, 0.05) is 31.2 Å². The van der Waals surface area contributed by atoms with Crippen LogP contribution in [0.25, 0.3) is 0 Å². The summed E-state index contributed by atoms with van der Waals surface area (Å²) >= 11 is 6.00. The molecule has 1 N–H and O–H groups in total. The number of amides is 1. The molecule has 1 heterocycles. The van der Waals surface area contributed by atoms with Crippen LogP contribution in [0.5, 0.6) is 5.75 Å². The lowest BCUT2D eigenvalue weighted by Gasteiger charge is -2.36. The van der Waals surface area contributed by atoms with Gasteiger partial charge in [-0.3, -0.25) is 9.69 Å². The maximum Gasteiger partial charge on any atom is 0.243 e. The number of ether oxygens (including phenoxy) is 1. The van der Waals surface area contributed by atoms with Crippen LogP contribution in [-0.4, -0.2) is 62.9 Å². The van der Waals surface area contributed by atoms with Crippen LogP contribution < -0.4 is 10.1 Å². The van der Waals surface area contributed by atoms with Gasteiger partial charge in [-0.1, -0.05) is 17.7 Å². The smallest absolute Gasteiger partial charge is 0.243 e. The summed E-state index contributed by atoms with van der Waals surface area (Å²) < 4.78 is 45.4.